The number of rotatable bonds is 8. The fourth-order valence-corrected chi connectivity index (χ4v) is 1.66. The molecule has 0 radical (unpaired) electrons. The van der Waals surface area contributed by atoms with Gasteiger partial charge in [0.2, 0.25) is 0 Å². The largest absolute Gasteiger partial charge is 0.459 e. The monoisotopic (exact) mass is 258 g/mol. The van der Waals surface area contributed by atoms with E-state index in [2.05, 4.69) is 24.1 Å². The van der Waals surface area contributed by atoms with Crippen LogP contribution in [0.5, 0.6) is 0 Å². The van der Waals surface area contributed by atoms with Crippen LogP contribution < -0.4 is 5.32 Å². The van der Waals surface area contributed by atoms with Gasteiger partial charge in [0.15, 0.2) is 0 Å². The molecule has 1 N–H and O–H groups in total. The van der Waals surface area contributed by atoms with E-state index in [1.165, 1.54) is 0 Å². The van der Waals surface area contributed by atoms with E-state index in [0.29, 0.717) is 0 Å². The Bertz CT molecular complexity index is 236. The summed E-state index contributed by atoms with van der Waals surface area (Å²) in [4.78, 5) is 14.1. The highest BCUT2D eigenvalue weighted by atomic mass is 16.6. The molecule has 0 rings (SSSR count). The highest BCUT2D eigenvalue weighted by Crippen LogP contribution is 2.08. The SMILES string of the molecule is CCCN(CC)CCNC(C)C(=O)OC(C)(C)C. The Morgan fingerprint density at radius 2 is 1.89 bits per heavy atom. The average Bonchev–Trinajstić information content (AvgIpc) is 2.25. The number of carbonyl (C=O) groups is 1. The minimum atomic E-state index is -0.412. The predicted octanol–water partition coefficient (Wildman–Crippen LogP) is 2.04. The molecule has 0 spiro atoms. The lowest BCUT2D eigenvalue weighted by molar-refractivity contribution is -0.156. The highest BCUT2D eigenvalue weighted by Gasteiger charge is 2.21. The van der Waals surface area contributed by atoms with Crippen molar-refractivity contribution in [3.8, 4) is 0 Å². The molecule has 0 aromatic heterocycles. The number of carbonyl (C=O) groups excluding carboxylic acids is 1. The molecule has 0 heterocycles. The van der Waals surface area contributed by atoms with E-state index in [4.69, 9.17) is 4.74 Å². The first-order valence-electron chi connectivity index (χ1n) is 6.98. The summed E-state index contributed by atoms with van der Waals surface area (Å²) in [5.41, 5.74) is -0.412. The topological polar surface area (TPSA) is 41.6 Å². The Morgan fingerprint density at radius 3 is 2.33 bits per heavy atom. The molecule has 0 aliphatic rings. The van der Waals surface area contributed by atoms with Gasteiger partial charge in [-0.25, -0.2) is 0 Å². The number of hydrogen-bond acceptors (Lipinski definition) is 4. The number of likely N-dealkylation sites (N-methyl/N-ethyl adjacent to an activating group) is 1. The van der Waals surface area contributed by atoms with Crippen LogP contribution in [-0.4, -0.2) is 48.7 Å². The van der Waals surface area contributed by atoms with Crippen molar-refractivity contribution in [1.29, 1.82) is 0 Å². The zero-order valence-corrected chi connectivity index (χ0v) is 12.9. The van der Waals surface area contributed by atoms with E-state index in [9.17, 15) is 4.79 Å². The van der Waals surface area contributed by atoms with Crippen LogP contribution in [0.2, 0.25) is 0 Å². The molecule has 1 unspecified atom stereocenters. The lowest BCUT2D eigenvalue weighted by Gasteiger charge is -2.24. The van der Waals surface area contributed by atoms with Crippen molar-refractivity contribution >= 4 is 5.97 Å². The summed E-state index contributed by atoms with van der Waals surface area (Å²) in [5.74, 6) is -0.180. The molecule has 0 aliphatic carbocycles. The maximum Gasteiger partial charge on any atom is 0.323 e. The summed E-state index contributed by atoms with van der Waals surface area (Å²) < 4.78 is 5.32. The Morgan fingerprint density at radius 1 is 1.28 bits per heavy atom. The van der Waals surface area contributed by atoms with E-state index in [1.54, 1.807) is 0 Å². The minimum Gasteiger partial charge on any atom is -0.459 e. The Kier molecular flexibility index (Phi) is 8.20. The van der Waals surface area contributed by atoms with Crippen LogP contribution >= 0.6 is 0 Å². The summed E-state index contributed by atoms with van der Waals surface area (Å²) in [6.45, 7) is 15.8. The fourth-order valence-electron chi connectivity index (χ4n) is 1.66. The number of hydrogen-bond donors (Lipinski definition) is 1. The normalized spacial score (nSPS) is 13.7. The molecule has 0 amide bonds. The Hall–Kier alpha value is -0.610. The van der Waals surface area contributed by atoms with Gasteiger partial charge < -0.3 is 15.0 Å². The van der Waals surface area contributed by atoms with Crippen LogP contribution in [-0.2, 0) is 9.53 Å². The average molecular weight is 258 g/mol. The van der Waals surface area contributed by atoms with Crippen LogP contribution in [0.25, 0.3) is 0 Å². The second-order valence-electron chi connectivity index (χ2n) is 5.64. The zero-order valence-electron chi connectivity index (χ0n) is 12.9. The molecule has 0 fully saturated rings. The summed E-state index contributed by atoms with van der Waals surface area (Å²) >= 11 is 0. The van der Waals surface area contributed by atoms with Crippen LogP contribution in [0.1, 0.15) is 48.0 Å². The first-order valence-corrected chi connectivity index (χ1v) is 6.98. The van der Waals surface area contributed by atoms with Crippen LogP contribution in [0.4, 0.5) is 0 Å². The van der Waals surface area contributed by atoms with Crippen molar-refractivity contribution in [1.82, 2.24) is 10.2 Å². The molecule has 108 valence electrons. The van der Waals surface area contributed by atoms with Crippen LogP contribution in [0.15, 0.2) is 0 Å². The van der Waals surface area contributed by atoms with Crippen molar-refractivity contribution in [2.24, 2.45) is 0 Å². The van der Waals surface area contributed by atoms with Crippen molar-refractivity contribution in [2.75, 3.05) is 26.2 Å². The molecule has 0 bridgehead atoms. The van der Waals surface area contributed by atoms with Gasteiger partial charge in [0.25, 0.3) is 0 Å². The van der Waals surface area contributed by atoms with Gasteiger partial charge >= 0.3 is 5.97 Å². The lowest BCUT2D eigenvalue weighted by atomic mass is 10.2. The number of nitrogens with one attached hydrogen (secondary N) is 1. The van der Waals surface area contributed by atoms with Crippen LogP contribution in [0, 0.1) is 0 Å². The van der Waals surface area contributed by atoms with E-state index in [0.717, 1.165) is 32.6 Å². The van der Waals surface area contributed by atoms with Gasteiger partial charge in [0.1, 0.15) is 11.6 Å². The summed E-state index contributed by atoms with van der Waals surface area (Å²) in [5, 5.41) is 3.21. The molecule has 0 aromatic rings. The molecule has 18 heavy (non-hydrogen) atoms. The van der Waals surface area contributed by atoms with Crippen molar-refractivity contribution in [2.45, 2.75) is 59.6 Å². The molecule has 0 saturated heterocycles. The van der Waals surface area contributed by atoms with E-state index < -0.39 is 5.60 Å². The van der Waals surface area contributed by atoms with Gasteiger partial charge in [-0.05, 0) is 47.2 Å². The van der Waals surface area contributed by atoms with Crippen LogP contribution in [0.3, 0.4) is 0 Å². The third-order valence-corrected chi connectivity index (χ3v) is 2.63. The Labute approximate surface area is 112 Å². The first-order chi connectivity index (χ1) is 8.30. The molecule has 0 aromatic carbocycles. The summed E-state index contributed by atoms with van der Waals surface area (Å²) in [6.07, 6.45) is 1.16. The maximum atomic E-state index is 11.7. The molecule has 4 heteroatoms. The second-order valence-corrected chi connectivity index (χ2v) is 5.64. The van der Waals surface area contributed by atoms with Gasteiger partial charge in [-0.15, -0.1) is 0 Å². The molecule has 0 aliphatic heterocycles. The molecular weight excluding hydrogens is 228 g/mol. The van der Waals surface area contributed by atoms with Gasteiger partial charge in [-0.2, -0.15) is 0 Å². The quantitative estimate of drug-likeness (QED) is 0.677. The van der Waals surface area contributed by atoms with Gasteiger partial charge in [0, 0.05) is 13.1 Å². The van der Waals surface area contributed by atoms with E-state index >= 15 is 0 Å². The second kappa shape index (κ2) is 8.48. The number of esters is 1. The van der Waals surface area contributed by atoms with Crippen molar-refractivity contribution in [3.63, 3.8) is 0 Å². The highest BCUT2D eigenvalue weighted by molar-refractivity contribution is 5.75. The standard InChI is InChI=1S/C14H30N2O2/c1-7-10-16(8-2)11-9-15-12(3)13(17)18-14(4,5)6/h12,15H,7-11H2,1-6H3. The predicted molar refractivity (Wildman–Crippen MR) is 75.7 cm³/mol. The fraction of sp³-hybridized carbons (Fsp3) is 0.929. The molecule has 1 atom stereocenters. The molecule has 4 nitrogen and oxygen atoms in total. The van der Waals surface area contributed by atoms with Gasteiger partial charge in [0.05, 0.1) is 0 Å². The van der Waals surface area contributed by atoms with Crippen molar-refractivity contribution in [3.05, 3.63) is 0 Å². The maximum absolute atomic E-state index is 11.7. The summed E-state index contributed by atoms with van der Waals surface area (Å²) in [6, 6.07) is -0.246. The Balaban J connectivity index is 3.88. The first kappa shape index (κ1) is 17.4. The number of nitrogens with zero attached hydrogens (tertiary/aromatic N) is 1. The van der Waals surface area contributed by atoms with E-state index in [1.807, 2.05) is 27.7 Å². The third-order valence-electron chi connectivity index (χ3n) is 2.63. The molecular formula is C14H30N2O2. The van der Waals surface area contributed by atoms with E-state index in [-0.39, 0.29) is 12.0 Å². The lowest BCUT2D eigenvalue weighted by Crippen LogP contribution is -2.42. The smallest absolute Gasteiger partial charge is 0.323 e. The molecule has 0 saturated carbocycles. The zero-order chi connectivity index (χ0) is 14.2. The number of ether oxygens (including phenoxy) is 1. The minimum absolute atomic E-state index is 0.180. The van der Waals surface area contributed by atoms with Gasteiger partial charge in [-0.3, -0.25) is 4.79 Å². The summed E-state index contributed by atoms with van der Waals surface area (Å²) in [7, 11) is 0. The third kappa shape index (κ3) is 8.48. The van der Waals surface area contributed by atoms with Crippen molar-refractivity contribution < 1.29 is 9.53 Å². The van der Waals surface area contributed by atoms with Gasteiger partial charge in [-0.1, -0.05) is 13.8 Å².